The number of amides is 4. The minimum Gasteiger partial charge on any atom is -0.377 e. The molecule has 7 heteroatoms. The second kappa shape index (κ2) is 6.42. The van der Waals surface area contributed by atoms with Gasteiger partial charge in [0.05, 0.1) is 24.9 Å². The summed E-state index contributed by atoms with van der Waals surface area (Å²) in [6.07, 6.45) is 0.230. The van der Waals surface area contributed by atoms with Gasteiger partial charge in [-0.1, -0.05) is 35.9 Å². The highest BCUT2D eigenvalue weighted by atomic mass is 16.5. The summed E-state index contributed by atoms with van der Waals surface area (Å²) in [7, 11) is 0. The fourth-order valence-electron chi connectivity index (χ4n) is 4.69. The van der Waals surface area contributed by atoms with Crippen LogP contribution in [0.25, 0.3) is 0 Å². The van der Waals surface area contributed by atoms with E-state index >= 15 is 0 Å². The molecule has 0 aromatic heterocycles. The molecule has 2 aromatic rings. The first-order valence-electron chi connectivity index (χ1n) is 9.71. The fourth-order valence-corrected chi connectivity index (χ4v) is 4.69. The van der Waals surface area contributed by atoms with Crippen LogP contribution in [0.5, 0.6) is 0 Å². The van der Waals surface area contributed by atoms with Crippen LogP contribution < -0.4 is 15.1 Å². The Labute approximate surface area is 168 Å². The number of hydrogen-bond acceptors (Lipinski definition) is 5. The third-order valence-corrected chi connectivity index (χ3v) is 6.17. The number of rotatable bonds is 1. The van der Waals surface area contributed by atoms with Gasteiger partial charge in [0.1, 0.15) is 0 Å². The van der Waals surface area contributed by atoms with Crippen LogP contribution in [0.1, 0.15) is 11.1 Å². The van der Waals surface area contributed by atoms with Crippen LogP contribution in [0.15, 0.2) is 48.5 Å². The number of urea groups is 1. The van der Waals surface area contributed by atoms with Crippen molar-refractivity contribution in [2.45, 2.75) is 19.4 Å². The average molecular weight is 391 g/mol. The molecule has 0 radical (unpaired) electrons. The zero-order valence-corrected chi connectivity index (χ0v) is 16.1. The summed E-state index contributed by atoms with van der Waals surface area (Å²) in [5.41, 5.74) is 1.99. The molecule has 0 bridgehead atoms. The Morgan fingerprint density at radius 3 is 2.62 bits per heavy atom. The number of para-hydroxylation sites is 1. The second-order valence-corrected chi connectivity index (χ2v) is 7.80. The second-order valence-electron chi connectivity index (χ2n) is 7.80. The Balaban J connectivity index is 1.66. The molecule has 0 saturated carbocycles. The number of imide groups is 2. The lowest BCUT2D eigenvalue weighted by atomic mass is 9.68. The molecule has 2 atom stereocenters. The molecule has 5 rings (SSSR count). The zero-order valence-electron chi connectivity index (χ0n) is 16.1. The van der Waals surface area contributed by atoms with Gasteiger partial charge < -0.3 is 9.64 Å². The topological polar surface area (TPSA) is 79.0 Å². The normalized spacial score (nSPS) is 26.2. The summed E-state index contributed by atoms with van der Waals surface area (Å²) in [6, 6.07) is 13.7. The van der Waals surface area contributed by atoms with Crippen molar-refractivity contribution in [1.29, 1.82) is 0 Å². The number of ether oxygens (including phenoxy) is 1. The highest BCUT2D eigenvalue weighted by molar-refractivity contribution is 6.30. The SMILES string of the molecule is Cc1ccc(N2C(=O)NC(=O)[C@@]3(Cc4ccccc4N4CCOC[C@@H]43)C2=O)cc1. The van der Waals surface area contributed by atoms with E-state index in [1.165, 1.54) is 0 Å². The number of aryl methyl sites for hydroxylation is 1. The number of benzene rings is 2. The van der Waals surface area contributed by atoms with Gasteiger partial charge in [-0.15, -0.1) is 0 Å². The van der Waals surface area contributed by atoms with E-state index in [0.29, 0.717) is 18.8 Å². The van der Waals surface area contributed by atoms with E-state index in [4.69, 9.17) is 4.74 Å². The molecule has 1 N–H and O–H groups in total. The Bertz CT molecular complexity index is 1020. The third kappa shape index (κ3) is 2.50. The first-order chi connectivity index (χ1) is 14.0. The van der Waals surface area contributed by atoms with Crippen LogP contribution in [-0.2, 0) is 20.7 Å². The van der Waals surface area contributed by atoms with Crippen LogP contribution in [-0.4, -0.2) is 43.6 Å². The third-order valence-electron chi connectivity index (χ3n) is 6.17. The van der Waals surface area contributed by atoms with E-state index < -0.39 is 29.3 Å². The van der Waals surface area contributed by atoms with Crippen molar-refractivity contribution in [2.75, 3.05) is 29.6 Å². The Kier molecular flexibility index (Phi) is 3.96. The Morgan fingerprint density at radius 1 is 1.07 bits per heavy atom. The molecule has 29 heavy (non-hydrogen) atoms. The van der Waals surface area contributed by atoms with Crippen LogP contribution in [0.3, 0.4) is 0 Å². The molecular formula is C22H21N3O4. The molecule has 0 unspecified atom stereocenters. The van der Waals surface area contributed by atoms with Crippen molar-refractivity contribution < 1.29 is 19.1 Å². The molecule has 2 saturated heterocycles. The molecule has 7 nitrogen and oxygen atoms in total. The molecule has 2 aromatic carbocycles. The molecule has 3 heterocycles. The minimum absolute atomic E-state index is 0.230. The van der Waals surface area contributed by atoms with Gasteiger partial charge >= 0.3 is 6.03 Å². The van der Waals surface area contributed by atoms with E-state index in [9.17, 15) is 14.4 Å². The van der Waals surface area contributed by atoms with E-state index in [1.54, 1.807) is 12.1 Å². The number of hydrogen-bond donors (Lipinski definition) is 1. The number of carbonyl (C=O) groups is 3. The van der Waals surface area contributed by atoms with Crippen molar-refractivity contribution in [3.05, 3.63) is 59.7 Å². The highest BCUT2D eigenvalue weighted by Crippen LogP contribution is 2.45. The lowest BCUT2D eigenvalue weighted by Crippen LogP contribution is -2.74. The van der Waals surface area contributed by atoms with Crippen LogP contribution >= 0.6 is 0 Å². The van der Waals surface area contributed by atoms with Crippen molar-refractivity contribution in [2.24, 2.45) is 5.41 Å². The number of carbonyl (C=O) groups excluding carboxylic acids is 3. The van der Waals surface area contributed by atoms with E-state index in [-0.39, 0.29) is 13.0 Å². The molecule has 1 spiro atoms. The monoisotopic (exact) mass is 391 g/mol. The molecule has 3 aliphatic heterocycles. The minimum atomic E-state index is -1.42. The standard InChI is InChI=1S/C22H21N3O4/c1-14-6-8-16(9-7-14)25-20(27)22(19(26)23-21(25)28)12-15-4-2-3-5-17(15)24-10-11-29-13-18(22)24/h2-9,18H,10-13H2,1H3,(H,23,26,28)/t18-,22+/m1/s1. The maximum Gasteiger partial charge on any atom is 0.335 e. The van der Waals surface area contributed by atoms with Crippen molar-refractivity contribution in [3.8, 4) is 0 Å². The van der Waals surface area contributed by atoms with Crippen LogP contribution in [0, 0.1) is 12.3 Å². The maximum atomic E-state index is 13.8. The summed E-state index contributed by atoms with van der Waals surface area (Å²) >= 11 is 0. The molecular weight excluding hydrogens is 370 g/mol. The smallest absolute Gasteiger partial charge is 0.335 e. The summed E-state index contributed by atoms with van der Waals surface area (Å²) < 4.78 is 5.68. The summed E-state index contributed by atoms with van der Waals surface area (Å²) in [6.45, 7) is 3.30. The first-order valence-corrected chi connectivity index (χ1v) is 9.71. The first kappa shape index (κ1) is 17.9. The number of anilines is 2. The van der Waals surface area contributed by atoms with Crippen molar-refractivity contribution >= 4 is 29.2 Å². The summed E-state index contributed by atoms with van der Waals surface area (Å²) in [5.74, 6) is -1.05. The fraction of sp³-hybridized carbons (Fsp3) is 0.318. The van der Waals surface area contributed by atoms with E-state index in [2.05, 4.69) is 10.2 Å². The van der Waals surface area contributed by atoms with Gasteiger partial charge in [0.15, 0.2) is 5.41 Å². The molecule has 4 amide bonds. The predicted molar refractivity (Wildman–Crippen MR) is 107 cm³/mol. The lowest BCUT2D eigenvalue weighted by molar-refractivity contribution is -0.146. The average Bonchev–Trinajstić information content (AvgIpc) is 2.73. The predicted octanol–water partition coefficient (Wildman–Crippen LogP) is 2.03. The van der Waals surface area contributed by atoms with Crippen LogP contribution in [0.4, 0.5) is 16.2 Å². The molecule has 0 aliphatic carbocycles. The van der Waals surface area contributed by atoms with Gasteiger partial charge in [0.25, 0.3) is 5.91 Å². The van der Waals surface area contributed by atoms with E-state index in [0.717, 1.165) is 21.7 Å². The highest BCUT2D eigenvalue weighted by Gasteiger charge is 2.62. The zero-order chi connectivity index (χ0) is 20.2. The maximum absolute atomic E-state index is 13.8. The lowest BCUT2D eigenvalue weighted by Gasteiger charge is -2.53. The van der Waals surface area contributed by atoms with Gasteiger partial charge in [0.2, 0.25) is 5.91 Å². The van der Waals surface area contributed by atoms with Crippen molar-refractivity contribution in [3.63, 3.8) is 0 Å². The Morgan fingerprint density at radius 2 is 1.83 bits per heavy atom. The van der Waals surface area contributed by atoms with Crippen LogP contribution in [0.2, 0.25) is 0 Å². The van der Waals surface area contributed by atoms with Gasteiger partial charge in [-0.05, 0) is 37.1 Å². The van der Waals surface area contributed by atoms with Gasteiger partial charge in [-0.2, -0.15) is 0 Å². The molecule has 148 valence electrons. The largest absolute Gasteiger partial charge is 0.377 e. The van der Waals surface area contributed by atoms with Crippen molar-refractivity contribution in [1.82, 2.24) is 5.32 Å². The van der Waals surface area contributed by atoms with Gasteiger partial charge in [-0.3, -0.25) is 14.9 Å². The molecule has 3 aliphatic rings. The summed E-state index contributed by atoms with van der Waals surface area (Å²) in [5, 5.41) is 2.44. The number of fused-ring (bicyclic) bond motifs is 4. The summed E-state index contributed by atoms with van der Waals surface area (Å²) in [4.78, 5) is 42.9. The Hall–Kier alpha value is -3.19. The molecule has 2 fully saturated rings. The number of nitrogens with zero attached hydrogens (tertiary/aromatic N) is 2. The number of morpholine rings is 1. The quantitative estimate of drug-likeness (QED) is 0.753. The number of barbiturate groups is 1. The van der Waals surface area contributed by atoms with Gasteiger partial charge in [-0.25, -0.2) is 9.69 Å². The van der Waals surface area contributed by atoms with Gasteiger partial charge in [0, 0.05) is 12.2 Å². The number of nitrogens with one attached hydrogen (secondary N) is 1. The van der Waals surface area contributed by atoms with E-state index in [1.807, 2.05) is 43.3 Å².